The molecule has 0 bridgehead atoms. The molecule has 2 amide bonds. The average Bonchev–Trinajstić information content (AvgIpc) is 2.85. The number of likely N-dealkylation sites (N-methyl/N-ethyl adjacent to an activating group) is 1. The van der Waals surface area contributed by atoms with Crippen LogP contribution in [0.1, 0.15) is 33.1 Å². The van der Waals surface area contributed by atoms with Gasteiger partial charge in [0, 0.05) is 13.6 Å². The molecule has 0 aromatic heterocycles. The molecule has 3 atom stereocenters. The number of rotatable bonds is 6. The van der Waals surface area contributed by atoms with E-state index in [0.29, 0.717) is 25.3 Å². The quantitative estimate of drug-likeness (QED) is 0.622. The van der Waals surface area contributed by atoms with Crippen molar-refractivity contribution >= 4 is 11.8 Å². The van der Waals surface area contributed by atoms with Crippen LogP contribution in [-0.4, -0.2) is 43.7 Å². The number of amides is 2. The van der Waals surface area contributed by atoms with Gasteiger partial charge in [-0.15, -0.1) is 0 Å². The molecule has 0 spiro atoms. The molecule has 1 fully saturated rings. The van der Waals surface area contributed by atoms with E-state index in [4.69, 9.17) is 10.5 Å². The summed E-state index contributed by atoms with van der Waals surface area (Å²) in [5.74, 6) is -0.0653. The Morgan fingerprint density at radius 1 is 1.37 bits per heavy atom. The van der Waals surface area contributed by atoms with E-state index >= 15 is 0 Å². The van der Waals surface area contributed by atoms with Crippen molar-refractivity contribution in [2.45, 2.75) is 51.4 Å². The Morgan fingerprint density at radius 2 is 2.05 bits per heavy atom. The molecule has 6 nitrogen and oxygen atoms in total. The molecule has 110 valence electrons. The molecule has 1 heterocycles. The maximum atomic E-state index is 12.1. The molecule has 3 unspecified atom stereocenters. The summed E-state index contributed by atoms with van der Waals surface area (Å²) in [4.78, 5) is 23.8. The number of nitrogens with two attached hydrogens (primary N) is 1. The average molecular weight is 271 g/mol. The fourth-order valence-corrected chi connectivity index (χ4v) is 2.21. The Kier molecular flexibility index (Phi) is 6.24. The van der Waals surface area contributed by atoms with Crippen molar-refractivity contribution in [3.63, 3.8) is 0 Å². The Balaban J connectivity index is 2.53. The molecule has 0 saturated carbocycles. The van der Waals surface area contributed by atoms with E-state index in [2.05, 4.69) is 10.6 Å². The molecule has 1 aliphatic heterocycles. The van der Waals surface area contributed by atoms with E-state index in [9.17, 15) is 9.59 Å². The van der Waals surface area contributed by atoms with Gasteiger partial charge < -0.3 is 21.1 Å². The summed E-state index contributed by atoms with van der Waals surface area (Å²) in [6, 6.07) is -0.502. The molecule has 1 rings (SSSR count). The van der Waals surface area contributed by atoms with Crippen molar-refractivity contribution in [3.05, 3.63) is 0 Å². The predicted octanol–water partition coefficient (Wildman–Crippen LogP) is -0.230. The van der Waals surface area contributed by atoms with Crippen LogP contribution in [0.2, 0.25) is 0 Å². The minimum Gasteiger partial charge on any atom is -0.364 e. The second kappa shape index (κ2) is 7.45. The monoisotopic (exact) mass is 271 g/mol. The lowest BCUT2D eigenvalue weighted by Gasteiger charge is -2.21. The molecule has 0 aliphatic carbocycles. The van der Waals surface area contributed by atoms with Gasteiger partial charge in [-0.2, -0.15) is 0 Å². The Hall–Kier alpha value is -1.14. The van der Waals surface area contributed by atoms with Gasteiger partial charge in [-0.25, -0.2) is 0 Å². The van der Waals surface area contributed by atoms with Crippen molar-refractivity contribution in [2.75, 3.05) is 13.6 Å². The highest BCUT2D eigenvalue weighted by Crippen LogP contribution is 2.19. The van der Waals surface area contributed by atoms with E-state index in [1.54, 1.807) is 7.05 Å². The Labute approximate surface area is 114 Å². The maximum absolute atomic E-state index is 12.1. The van der Waals surface area contributed by atoms with Gasteiger partial charge in [-0.1, -0.05) is 13.8 Å². The summed E-state index contributed by atoms with van der Waals surface area (Å²) >= 11 is 0. The lowest BCUT2D eigenvalue weighted by atomic mass is 10.0. The van der Waals surface area contributed by atoms with E-state index in [0.717, 1.165) is 6.42 Å². The van der Waals surface area contributed by atoms with E-state index in [1.165, 1.54) is 0 Å². The van der Waals surface area contributed by atoms with Gasteiger partial charge >= 0.3 is 0 Å². The van der Waals surface area contributed by atoms with Crippen LogP contribution < -0.4 is 16.4 Å². The number of hydrogen-bond acceptors (Lipinski definition) is 4. The first-order chi connectivity index (χ1) is 8.97. The zero-order valence-corrected chi connectivity index (χ0v) is 11.9. The number of carbonyl (C=O) groups excluding carboxylic acids is 2. The van der Waals surface area contributed by atoms with Gasteiger partial charge in [0.15, 0.2) is 0 Å². The minimum absolute atomic E-state index is 0.0423. The van der Waals surface area contributed by atoms with Crippen molar-refractivity contribution in [1.29, 1.82) is 0 Å². The summed E-state index contributed by atoms with van der Waals surface area (Å²) in [5, 5.41) is 5.34. The van der Waals surface area contributed by atoms with Gasteiger partial charge in [0.1, 0.15) is 12.1 Å². The molecule has 1 saturated heterocycles. The highest BCUT2D eigenvalue weighted by molar-refractivity contribution is 5.89. The van der Waals surface area contributed by atoms with Gasteiger partial charge in [-0.3, -0.25) is 9.59 Å². The number of carbonyl (C=O) groups is 2. The molecular formula is C13H25N3O3. The normalized spacial score (nSPS) is 24.3. The molecule has 0 aromatic rings. The molecule has 0 aromatic carbocycles. The third kappa shape index (κ3) is 4.80. The van der Waals surface area contributed by atoms with E-state index < -0.39 is 12.1 Å². The minimum atomic E-state index is -0.502. The molecule has 0 radical (unpaired) electrons. The molecular weight excluding hydrogens is 246 g/mol. The fraction of sp³-hybridized carbons (Fsp3) is 0.846. The van der Waals surface area contributed by atoms with E-state index in [-0.39, 0.29) is 17.9 Å². The smallest absolute Gasteiger partial charge is 0.249 e. The second-order valence-corrected chi connectivity index (χ2v) is 5.36. The lowest BCUT2D eigenvalue weighted by Crippen LogP contribution is -2.49. The van der Waals surface area contributed by atoms with Crippen molar-refractivity contribution in [3.8, 4) is 0 Å². The Bertz CT molecular complexity index is 320. The highest BCUT2D eigenvalue weighted by Gasteiger charge is 2.32. The maximum Gasteiger partial charge on any atom is 0.249 e. The number of ether oxygens (including phenoxy) is 1. The zero-order chi connectivity index (χ0) is 14.4. The van der Waals surface area contributed by atoms with Crippen LogP contribution in [0.3, 0.4) is 0 Å². The number of hydrogen-bond donors (Lipinski definition) is 3. The van der Waals surface area contributed by atoms with Crippen LogP contribution in [-0.2, 0) is 14.3 Å². The van der Waals surface area contributed by atoms with Crippen LogP contribution in [0.15, 0.2) is 0 Å². The van der Waals surface area contributed by atoms with Gasteiger partial charge in [0.25, 0.3) is 0 Å². The summed E-state index contributed by atoms with van der Waals surface area (Å²) in [6.07, 6.45) is 1.55. The van der Waals surface area contributed by atoms with Crippen LogP contribution >= 0.6 is 0 Å². The summed E-state index contributed by atoms with van der Waals surface area (Å²) in [5.41, 5.74) is 5.51. The van der Waals surface area contributed by atoms with Crippen molar-refractivity contribution in [1.82, 2.24) is 10.6 Å². The lowest BCUT2D eigenvalue weighted by molar-refractivity contribution is -0.136. The summed E-state index contributed by atoms with van der Waals surface area (Å²) < 4.78 is 5.52. The predicted molar refractivity (Wildman–Crippen MR) is 72.4 cm³/mol. The van der Waals surface area contributed by atoms with E-state index in [1.807, 2.05) is 13.8 Å². The second-order valence-electron chi connectivity index (χ2n) is 5.36. The summed E-state index contributed by atoms with van der Waals surface area (Å²) in [7, 11) is 1.57. The SMILES string of the molecule is CNC(=O)C(CC(C)C)NC(=O)C1CCC(CN)O1. The number of nitrogens with one attached hydrogen (secondary N) is 2. The van der Waals surface area contributed by atoms with Gasteiger partial charge in [0.2, 0.25) is 11.8 Å². The first-order valence-corrected chi connectivity index (χ1v) is 6.85. The van der Waals surface area contributed by atoms with Crippen molar-refractivity contribution < 1.29 is 14.3 Å². The fourth-order valence-electron chi connectivity index (χ4n) is 2.21. The van der Waals surface area contributed by atoms with Crippen LogP contribution in [0.25, 0.3) is 0 Å². The van der Waals surface area contributed by atoms with Gasteiger partial charge in [-0.05, 0) is 25.2 Å². The third-order valence-electron chi connectivity index (χ3n) is 3.25. The first kappa shape index (κ1) is 15.9. The summed E-state index contributed by atoms with van der Waals surface area (Å²) in [6.45, 7) is 4.45. The van der Waals surface area contributed by atoms with Crippen LogP contribution in [0.5, 0.6) is 0 Å². The molecule has 6 heteroatoms. The largest absolute Gasteiger partial charge is 0.364 e. The Morgan fingerprint density at radius 3 is 2.53 bits per heavy atom. The molecule has 1 aliphatic rings. The first-order valence-electron chi connectivity index (χ1n) is 6.85. The highest BCUT2D eigenvalue weighted by atomic mass is 16.5. The third-order valence-corrected chi connectivity index (χ3v) is 3.25. The van der Waals surface area contributed by atoms with Crippen molar-refractivity contribution in [2.24, 2.45) is 11.7 Å². The standard InChI is InChI=1S/C13H25N3O3/c1-8(2)6-10(12(17)15-3)16-13(18)11-5-4-9(7-14)19-11/h8-11H,4-7,14H2,1-3H3,(H,15,17)(H,16,18). The van der Waals surface area contributed by atoms with Gasteiger partial charge in [0.05, 0.1) is 6.10 Å². The zero-order valence-electron chi connectivity index (χ0n) is 11.9. The van der Waals surface area contributed by atoms with Crippen LogP contribution in [0.4, 0.5) is 0 Å². The molecule has 19 heavy (non-hydrogen) atoms. The topological polar surface area (TPSA) is 93.5 Å². The molecule has 4 N–H and O–H groups in total. The van der Waals surface area contributed by atoms with Crippen LogP contribution in [0, 0.1) is 5.92 Å².